The van der Waals surface area contributed by atoms with Crippen LogP contribution < -0.4 is 0 Å². The number of fused-ring (bicyclic) bond motifs is 3. The van der Waals surface area contributed by atoms with Crippen LogP contribution in [0.3, 0.4) is 0 Å². The molecule has 0 aliphatic heterocycles. The summed E-state index contributed by atoms with van der Waals surface area (Å²) in [4.78, 5) is 4.65. The molecule has 1 atom stereocenters. The minimum atomic E-state index is -0.375. The van der Waals surface area contributed by atoms with Gasteiger partial charge < -0.3 is 0 Å². The van der Waals surface area contributed by atoms with Gasteiger partial charge in [0.2, 0.25) is 0 Å². The lowest BCUT2D eigenvalue weighted by Gasteiger charge is -2.16. The lowest BCUT2D eigenvalue weighted by Crippen LogP contribution is -1.99. The highest BCUT2D eigenvalue weighted by Gasteiger charge is 2.36. The van der Waals surface area contributed by atoms with E-state index in [9.17, 15) is 14.9 Å². The number of allylic oxidation sites excluding steroid dienone is 10. The van der Waals surface area contributed by atoms with Crippen molar-refractivity contribution < 1.29 is 4.39 Å². The number of hydrogen-bond donors (Lipinski definition) is 0. The molecule has 30 heavy (non-hydrogen) atoms. The highest BCUT2D eigenvalue weighted by Crippen LogP contribution is 2.55. The lowest BCUT2D eigenvalue weighted by atomic mass is 9.87. The van der Waals surface area contributed by atoms with Crippen molar-refractivity contribution in [2.75, 3.05) is 0 Å². The minimum Gasteiger partial charge on any atom is -0.256 e. The third-order valence-corrected chi connectivity index (χ3v) is 5.84. The molecule has 0 spiro atoms. The fourth-order valence-corrected chi connectivity index (χ4v) is 4.67. The molecule has 0 radical (unpaired) electrons. The van der Waals surface area contributed by atoms with Crippen LogP contribution in [0, 0.1) is 34.4 Å². The molecule has 4 heteroatoms. The van der Waals surface area contributed by atoms with Crippen LogP contribution in [0.5, 0.6) is 0 Å². The van der Waals surface area contributed by atoms with Crippen molar-refractivity contribution in [1.29, 1.82) is 10.5 Å². The summed E-state index contributed by atoms with van der Waals surface area (Å²) in [6, 6.07) is 12.7. The van der Waals surface area contributed by atoms with Crippen molar-refractivity contribution in [1.82, 2.24) is 4.98 Å². The summed E-state index contributed by atoms with van der Waals surface area (Å²) in [5.74, 6) is 0.0287. The molecule has 0 N–H and O–H groups in total. The molecule has 2 aromatic rings. The molecule has 1 aromatic heterocycles. The molecule has 142 valence electrons. The summed E-state index contributed by atoms with van der Waals surface area (Å²) < 4.78 is 14.1. The van der Waals surface area contributed by atoms with Crippen LogP contribution in [0.4, 0.5) is 4.39 Å². The van der Waals surface area contributed by atoms with Crippen LogP contribution in [0.2, 0.25) is 0 Å². The first-order chi connectivity index (χ1) is 14.6. The van der Waals surface area contributed by atoms with E-state index in [4.69, 9.17) is 0 Å². The molecule has 1 unspecified atom stereocenters. The quantitative estimate of drug-likeness (QED) is 0.530. The maximum absolute atomic E-state index is 14.1. The second-order valence-electron chi connectivity index (χ2n) is 7.65. The van der Waals surface area contributed by atoms with Gasteiger partial charge in [-0.2, -0.15) is 10.5 Å². The Morgan fingerprint density at radius 1 is 1.03 bits per heavy atom. The normalized spacial score (nSPS) is 23.9. The van der Waals surface area contributed by atoms with Gasteiger partial charge in [-0.25, -0.2) is 4.39 Å². The Balaban J connectivity index is 1.91. The number of aromatic nitrogens is 1. The Bertz CT molecular complexity index is 1350. The summed E-state index contributed by atoms with van der Waals surface area (Å²) in [5, 5.41) is 19.0. The molecule has 1 aromatic carbocycles. The molecular formula is C26H16FN3. The molecule has 1 heterocycles. The van der Waals surface area contributed by atoms with Gasteiger partial charge in [0, 0.05) is 40.6 Å². The Morgan fingerprint density at radius 3 is 2.57 bits per heavy atom. The van der Waals surface area contributed by atoms with Crippen LogP contribution in [0.15, 0.2) is 72.0 Å². The predicted octanol–water partition coefficient (Wildman–Crippen LogP) is 5.87. The fraction of sp³-hybridized carbons (Fsp3) is 0.115. The maximum atomic E-state index is 14.1. The largest absolute Gasteiger partial charge is 0.256 e. The van der Waals surface area contributed by atoms with E-state index in [1.54, 1.807) is 12.3 Å². The van der Waals surface area contributed by atoms with E-state index < -0.39 is 0 Å². The van der Waals surface area contributed by atoms with Crippen molar-refractivity contribution in [2.45, 2.75) is 13.3 Å². The monoisotopic (exact) mass is 389 g/mol. The van der Waals surface area contributed by atoms with Crippen LogP contribution in [-0.2, 0) is 0 Å². The van der Waals surface area contributed by atoms with E-state index in [0.29, 0.717) is 22.6 Å². The lowest BCUT2D eigenvalue weighted by molar-refractivity contribution is 0.627. The van der Waals surface area contributed by atoms with Crippen LogP contribution >= 0.6 is 0 Å². The molecule has 5 rings (SSSR count). The van der Waals surface area contributed by atoms with E-state index in [0.717, 1.165) is 40.0 Å². The molecule has 3 aliphatic rings. The topological polar surface area (TPSA) is 60.5 Å². The molecule has 0 saturated heterocycles. The molecule has 0 amide bonds. The van der Waals surface area contributed by atoms with Gasteiger partial charge in [0.25, 0.3) is 0 Å². The highest BCUT2D eigenvalue weighted by molar-refractivity contribution is 6.19. The Morgan fingerprint density at radius 2 is 1.80 bits per heavy atom. The van der Waals surface area contributed by atoms with Crippen molar-refractivity contribution in [3.8, 4) is 12.1 Å². The number of rotatable bonds is 0. The molecule has 3 nitrogen and oxygen atoms in total. The zero-order valence-corrected chi connectivity index (χ0v) is 16.3. The third kappa shape index (κ3) is 2.51. The zero-order chi connectivity index (χ0) is 20.8. The van der Waals surface area contributed by atoms with E-state index in [1.165, 1.54) is 29.9 Å². The highest BCUT2D eigenvalue weighted by atomic mass is 19.1. The number of benzene rings is 1. The predicted molar refractivity (Wildman–Crippen MR) is 115 cm³/mol. The first kappa shape index (κ1) is 18.0. The van der Waals surface area contributed by atoms with Crippen molar-refractivity contribution in [3.05, 3.63) is 100 Å². The third-order valence-electron chi connectivity index (χ3n) is 5.84. The number of halogens is 1. The van der Waals surface area contributed by atoms with Gasteiger partial charge in [-0.15, -0.1) is 0 Å². The van der Waals surface area contributed by atoms with Crippen molar-refractivity contribution >= 4 is 22.3 Å². The number of pyridine rings is 1. The zero-order valence-electron chi connectivity index (χ0n) is 16.3. The summed E-state index contributed by atoms with van der Waals surface area (Å²) in [5.41, 5.74) is 8.66. The second-order valence-corrected chi connectivity index (χ2v) is 7.65. The Kier molecular flexibility index (Phi) is 4.09. The van der Waals surface area contributed by atoms with E-state index in [1.807, 2.05) is 12.1 Å². The Labute approximate surface area is 174 Å². The standard InChI is InChI=1S/C26H16FN3/c1-15-4-6-18-23(13-15)26-21(3-2-12-30-26)25(18)24-19(8-10-28)17-7-5-16(27)14-22(17)20(24)9-11-29/h2-9,12,14-15H,13H2,1H3/b19-8+,20-9+,25-24+. The molecule has 0 fully saturated rings. The average molecular weight is 389 g/mol. The van der Waals surface area contributed by atoms with Crippen LogP contribution in [-0.4, -0.2) is 4.98 Å². The van der Waals surface area contributed by atoms with Gasteiger partial charge >= 0.3 is 0 Å². The summed E-state index contributed by atoms with van der Waals surface area (Å²) in [6.45, 7) is 2.17. The van der Waals surface area contributed by atoms with E-state index in [2.05, 4.69) is 36.2 Å². The smallest absolute Gasteiger partial charge is 0.123 e. The van der Waals surface area contributed by atoms with Crippen LogP contribution in [0.1, 0.15) is 35.7 Å². The van der Waals surface area contributed by atoms with Crippen LogP contribution in [0.25, 0.3) is 22.3 Å². The fourth-order valence-electron chi connectivity index (χ4n) is 4.67. The van der Waals surface area contributed by atoms with E-state index in [-0.39, 0.29) is 5.82 Å². The molecule has 0 bridgehead atoms. The second kappa shape index (κ2) is 6.79. The molecule has 0 saturated carbocycles. The first-order valence-electron chi connectivity index (χ1n) is 9.76. The Hall–Kier alpha value is -4.02. The number of hydrogen-bond acceptors (Lipinski definition) is 3. The molecule has 3 aliphatic carbocycles. The van der Waals surface area contributed by atoms with Gasteiger partial charge in [0.1, 0.15) is 5.82 Å². The molecular weight excluding hydrogens is 373 g/mol. The van der Waals surface area contributed by atoms with E-state index >= 15 is 0 Å². The van der Waals surface area contributed by atoms with Gasteiger partial charge in [-0.3, -0.25) is 4.98 Å². The number of nitrogens with zero attached hydrogens (tertiary/aromatic N) is 3. The van der Waals surface area contributed by atoms with Gasteiger partial charge in [0.15, 0.2) is 0 Å². The number of nitriles is 2. The van der Waals surface area contributed by atoms with Crippen molar-refractivity contribution in [2.24, 2.45) is 5.92 Å². The first-order valence-corrected chi connectivity index (χ1v) is 9.76. The summed E-state index contributed by atoms with van der Waals surface area (Å²) in [6.07, 6.45) is 9.89. The van der Waals surface area contributed by atoms with Gasteiger partial charge in [-0.05, 0) is 58.4 Å². The SMILES string of the molecule is CC1C=CC2=C(C1)c1ncccc1/C2=C1C(=C\C#N)\c2ccc(F)cc2C\1=C/C#N. The van der Waals surface area contributed by atoms with Crippen molar-refractivity contribution in [3.63, 3.8) is 0 Å². The maximum Gasteiger partial charge on any atom is 0.123 e. The van der Waals surface area contributed by atoms with Gasteiger partial charge in [0.05, 0.1) is 17.8 Å². The van der Waals surface area contributed by atoms with Gasteiger partial charge in [-0.1, -0.05) is 31.2 Å². The minimum absolute atomic E-state index is 0.375. The average Bonchev–Trinajstić information content (AvgIpc) is 3.21. The summed E-state index contributed by atoms with van der Waals surface area (Å²) >= 11 is 0. The summed E-state index contributed by atoms with van der Waals surface area (Å²) in [7, 11) is 0.